The second-order valence-electron chi connectivity index (χ2n) is 4.52. The first-order valence-corrected chi connectivity index (χ1v) is 7.58. The van der Waals surface area contributed by atoms with Gasteiger partial charge >= 0.3 is 0 Å². The lowest BCUT2D eigenvalue weighted by Gasteiger charge is -2.13. The van der Waals surface area contributed by atoms with Gasteiger partial charge in [0.2, 0.25) is 0 Å². The molecule has 2 rings (SSSR count). The molecular weight excluding hydrogens is 275 g/mol. The van der Waals surface area contributed by atoms with Gasteiger partial charge < -0.3 is 0 Å². The second kappa shape index (κ2) is 7.42. The summed E-state index contributed by atoms with van der Waals surface area (Å²) in [5.41, 5.74) is 3.84. The molecule has 0 aliphatic rings. The Morgan fingerprint density at radius 3 is 3.05 bits per heavy atom. The first-order chi connectivity index (χ1) is 9.72. The van der Waals surface area contributed by atoms with Gasteiger partial charge in [0, 0.05) is 29.0 Å². The SMILES string of the molecule is CCCn1cc(C(CSc2cccc(F)c2)NN)cn1. The predicted octanol–water partition coefficient (Wildman–Crippen LogP) is 2.73. The lowest BCUT2D eigenvalue weighted by molar-refractivity contribution is 0.592. The number of hydrogen-bond acceptors (Lipinski definition) is 4. The monoisotopic (exact) mass is 294 g/mol. The molecule has 0 spiro atoms. The Kier molecular flexibility index (Phi) is 5.58. The van der Waals surface area contributed by atoms with Crippen molar-refractivity contribution in [3.05, 3.63) is 48.0 Å². The Morgan fingerprint density at radius 1 is 1.50 bits per heavy atom. The minimum atomic E-state index is -0.219. The third-order valence-electron chi connectivity index (χ3n) is 2.92. The van der Waals surface area contributed by atoms with Gasteiger partial charge in [-0.25, -0.2) is 4.39 Å². The largest absolute Gasteiger partial charge is 0.272 e. The quantitative estimate of drug-likeness (QED) is 0.468. The number of thioether (sulfide) groups is 1. The van der Waals surface area contributed by atoms with Crippen molar-refractivity contribution in [3.8, 4) is 0 Å². The molecular formula is C14H19FN4S. The molecule has 1 atom stereocenters. The number of hydrogen-bond donors (Lipinski definition) is 2. The van der Waals surface area contributed by atoms with Crippen molar-refractivity contribution in [1.82, 2.24) is 15.2 Å². The van der Waals surface area contributed by atoms with E-state index in [1.54, 1.807) is 17.8 Å². The highest BCUT2D eigenvalue weighted by atomic mass is 32.2. The molecule has 2 aromatic rings. The number of nitrogens with one attached hydrogen (secondary N) is 1. The molecule has 1 aromatic heterocycles. The van der Waals surface area contributed by atoms with E-state index in [2.05, 4.69) is 17.4 Å². The minimum Gasteiger partial charge on any atom is -0.272 e. The minimum absolute atomic E-state index is 0.00567. The maximum atomic E-state index is 13.1. The standard InChI is InChI=1S/C14H19FN4S/c1-2-6-19-9-11(8-17-19)14(18-16)10-20-13-5-3-4-12(15)7-13/h3-5,7-9,14,18H,2,6,10,16H2,1H3. The molecule has 3 N–H and O–H groups in total. The van der Waals surface area contributed by atoms with Crippen molar-refractivity contribution in [1.29, 1.82) is 0 Å². The van der Waals surface area contributed by atoms with Crippen LogP contribution in [0.5, 0.6) is 0 Å². The van der Waals surface area contributed by atoms with Gasteiger partial charge in [-0.05, 0) is 24.6 Å². The molecule has 6 heteroatoms. The van der Waals surface area contributed by atoms with E-state index in [4.69, 9.17) is 5.84 Å². The van der Waals surface area contributed by atoms with Gasteiger partial charge in [-0.2, -0.15) is 5.10 Å². The highest BCUT2D eigenvalue weighted by Crippen LogP contribution is 2.24. The topological polar surface area (TPSA) is 55.9 Å². The molecule has 0 bridgehead atoms. The van der Waals surface area contributed by atoms with Crippen LogP contribution in [0.25, 0.3) is 0 Å². The third kappa shape index (κ3) is 4.06. The number of aromatic nitrogens is 2. The smallest absolute Gasteiger partial charge is 0.124 e. The summed E-state index contributed by atoms with van der Waals surface area (Å²) in [4.78, 5) is 0.895. The molecule has 0 aliphatic heterocycles. The van der Waals surface area contributed by atoms with Crippen LogP contribution in [0.4, 0.5) is 4.39 Å². The zero-order valence-corrected chi connectivity index (χ0v) is 12.2. The fourth-order valence-corrected chi connectivity index (χ4v) is 2.91. The maximum Gasteiger partial charge on any atom is 0.124 e. The van der Waals surface area contributed by atoms with Gasteiger partial charge in [0.25, 0.3) is 0 Å². The van der Waals surface area contributed by atoms with Crippen molar-refractivity contribution < 1.29 is 4.39 Å². The molecule has 1 aromatic carbocycles. The van der Waals surface area contributed by atoms with E-state index in [1.165, 1.54) is 12.1 Å². The highest BCUT2D eigenvalue weighted by molar-refractivity contribution is 7.99. The Labute approximate surface area is 122 Å². The lowest BCUT2D eigenvalue weighted by atomic mass is 10.2. The average Bonchev–Trinajstić information content (AvgIpc) is 2.89. The van der Waals surface area contributed by atoms with Crippen LogP contribution in [0.1, 0.15) is 24.9 Å². The Hall–Kier alpha value is -1.37. The molecule has 0 saturated heterocycles. The molecule has 1 heterocycles. The average molecular weight is 294 g/mol. The molecule has 0 saturated carbocycles. The van der Waals surface area contributed by atoms with Gasteiger partial charge in [0.15, 0.2) is 0 Å². The highest BCUT2D eigenvalue weighted by Gasteiger charge is 2.12. The van der Waals surface area contributed by atoms with E-state index in [0.717, 1.165) is 29.2 Å². The number of nitrogens with two attached hydrogens (primary N) is 1. The number of benzene rings is 1. The predicted molar refractivity (Wildman–Crippen MR) is 79.7 cm³/mol. The Bertz CT molecular complexity index is 543. The lowest BCUT2D eigenvalue weighted by Crippen LogP contribution is -2.29. The molecule has 108 valence electrons. The number of nitrogens with zero attached hydrogens (tertiary/aromatic N) is 2. The Balaban J connectivity index is 1.97. The van der Waals surface area contributed by atoms with E-state index in [9.17, 15) is 4.39 Å². The normalized spacial score (nSPS) is 12.6. The van der Waals surface area contributed by atoms with E-state index in [-0.39, 0.29) is 11.9 Å². The van der Waals surface area contributed by atoms with E-state index >= 15 is 0 Å². The summed E-state index contributed by atoms with van der Waals surface area (Å²) in [5.74, 6) is 6.11. The number of halogens is 1. The summed E-state index contributed by atoms with van der Waals surface area (Å²) in [6, 6.07) is 6.56. The van der Waals surface area contributed by atoms with Gasteiger partial charge in [0.05, 0.1) is 12.2 Å². The first kappa shape index (κ1) is 15.0. The van der Waals surface area contributed by atoms with Crippen molar-refractivity contribution in [2.45, 2.75) is 30.8 Å². The summed E-state index contributed by atoms with van der Waals surface area (Å²) in [6.07, 6.45) is 4.87. The van der Waals surface area contributed by atoms with Gasteiger partial charge in [-0.15, -0.1) is 11.8 Å². The molecule has 0 radical (unpaired) electrons. The van der Waals surface area contributed by atoms with Gasteiger partial charge in [-0.3, -0.25) is 16.0 Å². The zero-order valence-electron chi connectivity index (χ0n) is 11.4. The molecule has 20 heavy (non-hydrogen) atoms. The molecule has 0 amide bonds. The number of hydrazine groups is 1. The summed E-state index contributed by atoms with van der Waals surface area (Å²) in [5, 5.41) is 4.30. The summed E-state index contributed by atoms with van der Waals surface area (Å²) >= 11 is 1.57. The van der Waals surface area contributed by atoms with Crippen molar-refractivity contribution in [2.24, 2.45) is 5.84 Å². The van der Waals surface area contributed by atoms with Gasteiger partial charge in [-0.1, -0.05) is 13.0 Å². The van der Waals surface area contributed by atoms with E-state index < -0.39 is 0 Å². The molecule has 4 nitrogen and oxygen atoms in total. The fourth-order valence-electron chi connectivity index (χ4n) is 1.89. The summed E-state index contributed by atoms with van der Waals surface area (Å²) in [7, 11) is 0. The molecule has 0 fully saturated rings. The third-order valence-corrected chi connectivity index (χ3v) is 4.01. The van der Waals surface area contributed by atoms with E-state index in [0.29, 0.717) is 0 Å². The van der Waals surface area contributed by atoms with Crippen LogP contribution in [0, 0.1) is 5.82 Å². The van der Waals surface area contributed by atoms with Crippen LogP contribution in [0.15, 0.2) is 41.6 Å². The fraction of sp³-hybridized carbons (Fsp3) is 0.357. The van der Waals surface area contributed by atoms with Crippen LogP contribution in [-0.4, -0.2) is 15.5 Å². The van der Waals surface area contributed by atoms with Crippen molar-refractivity contribution in [3.63, 3.8) is 0 Å². The first-order valence-electron chi connectivity index (χ1n) is 6.59. The van der Waals surface area contributed by atoms with Crippen molar-refractivity contribution in [2.75, 3.05) is 5.75 Å². The zero-order chi connectivity index (χ0) is 14.4. The van der Waals surface area contributed by atoms with Crippen LogP contribution in [0.3, 0.4) is 0 Å². The van der Waals surface area contributed by atoms with Crippen LogP contribution in [-0.2, 0) is 6.54 Å². The van der Waals surface area contributed by atoms with Crippen LogP contribution >= 0.6 is 11.8 Å². The van der Waals surface area contributed by atoms with Crippen molar-refractivity contribution >= 4 is 11.8 Å². The maximum absolute atomic E-state index is 13.1. The Morgan fingerprint density at radius 2 is 2.35 bits per heavy atom. The second-order valence-corrected chi connectivity index (χ2v) is 5.62. The van der Waals surface area contributed by atoms with E-state index in [1.807, 2.05) is 23.1 Å². The number of rotatable bonds is 7. The summed E-state index contributed by atoms with van der Waals surface area (Å²) < 4.78 is 15.0. The molecule has 0 aliphatic carbocycles. The van der Waals surface area contributed by atoms with Crippen LogP contribution < -0.4 is 11.3 Å². The van der Waals surface area contributed by atoms with Crippen LogP contribution in [0.2, 0.25) is 0 Å². The summed E-state index contributed by atoms with van der Waals surface area (Å²) in [6.45, 7) is 3.01. The molecule has 1 unspecified atom stereocenters. The van der Waals surface area contributed by atoms with Gasteiger partial charge in [0.1, 0.15) is 5.82 Å². The number of aryl methyl sites for hydroxylation is 1.